The number of hydrogen-bond acceptors (Lipinski definition) is 8. The maximum atomic E-state index is 12.4. The van der Waals surface area contributed by atoms with Gasteiger partial charge >= 0.3 is 11.9 Å². The molecule has 0 fully saturated rings. The number of hydrogen-bond donors (Lipinski definition) is 8. The van der Waals surface area contributed by atoms with E-state index in [1.54, 1.807) is 0 Å². The maximum absolute atomic E-state index is 12.4. The van der Waals surface area contributed by atoms with Crippen molar-refractivity contribution in [3.63, 3.8) is 0 Å². The van der Waals surface area contributed by atoms with E-state index in [9.17, 15) is 33.9 Å². The predicted octanol–water partition coefficient (Wildman–Crippen LogP) is -4.01. The average molecular weight is 433 g/mol. The lowest BCUT2D eigenvalue weighted by Crippen LogP contribution is -2.57. The lowest BCUT2D eigenvalue weighted by Gasteiger charge is -2.23. The van der Waals surface area contributed by atoms with Gasteiger partial charge in [0, 0.05) is 6.42 Å². The second kappa shape index (κ2) is 12.3. The monoisotopic (exact) mass is 433 g/mol. The summed E-state index contributed by atoms with van der Waals surface area (Å²) in [6.07, 6.45) is -2.62. The average Bonchev–Trinajstić information content (AvgIpc) is 2.62. The van der Waals surface area contributed by atoms with Crippen molar-refractivity contribution in [3.8, 4) is 0 Å². The number of rotatable bonds is 13. The van der Waals surface area contributed by atoms with Crippen LogP contribution in [-0.4, -0.2) is 81.2 Å². The molecule has 5 atom stereocenters. The molecule has 0 saturated carbocycles. The van der Waals surface area contributed by atoms with Gasteiger partial charge in [0.05, 0.1) is 12.5 Å². The summed E-state index contributed by atoms with van der Waals surface area (Å²) < 4.78 is 0. The Kier molecular flexibility index (Phi) is 11.0. The molecule has 5 unspecified atom stereocenters. The van der Waals surface area contributed by atoms with Crippen LogP contribution in [0.2, 0.25) is 0 Å². The zero-order valence-corrected chi connectivity index (χ0v) is 16.5. The Morgan fingerprint density at radius 1 is 0.867 bits per heavy atom. The highest BCUT2D eigenvalue weighted by Gasteiger charge is 2.30. The summed E-state index contributed by atoms with van der Waals surface area (Å²) in [6.45, 7) is 2.45. The van der Waals surface area contributed by atoms with E-state index in [0.29, 0.717) is 0 Å². The van der Waals surface area contributed by atoms with Crippen molar-refractivity contribution in [3.05, 3.63) is 0 Å². The Balaban J connectivity index is 5.15. The van der Waals surface area contributed by atoms with Crippen molar-refractivity contribution in [1.29, 1.82) is 0 Å². The molecule has 0 aromatic heterocycles. The fraction of sp³-hybridized carbons (Fsp3) is 0.625. The van der Waals surface area contributed by atoms with E-state index < -0.39 is 72.3 Å². The largest absolute Gasteiger partial charge is 0.481 e. The van der Waals surface area contributed by atoms with Gasteiger partial charge in [0.25, 0.3) is 0 Å². The van der Waals surface area contributed by atoms with Gasteiger partial charge in [-0.25, -0.2) is 4.79 Å². The van der Waals surface area contributed by atoms with Crippen molar-refractivity contribution in [2.75, 3.05) is 0 Å². The second-order valence-electron chi connectivity index (χ2n) is 6.56. The number of aliphatic carboxylic acids is 2. The highest BCUT2D eigenvalue weighted by molar-refractivity contribution is 5.94. The van der Waals surface area contributed by atoms with Gasteiger partial charge < -0.3 is 42.7 Å². The normalized spacial score (nSPS) is 15.6. The second-order valence-corrected chi connectivity index (χ2v) is 6.56. The van der Waals surface area contributed by atoms with Crippen molar-refractivity contribution in [1.82, 2.24) is 16.0 Å². The molecule has 0 aliphatic heterocycles. The molecule has 0 saturated heterocycles. The fourth-order valence-corrected chi connectivity index (χ4v) is 2.09. The number of aliphatic hydroxyl groups is 1. The third-order valence-electron chi connectivity index (χ3n) is 3.88. The molecule has 10 N–H and O–H groups in total. The molecule has 30 heavy (non-hydrogen) atoms. The van der Waals surface area contributed by atoms with Crippen LogP contribution in [0.1, 0.15) is 33.1 Å². The number of amides is 4. The van der Waals surface area contributed by atoms with Crippen molar-refractivity contribution >= 4 is 35.6 Å². The molecule has 0 aliphatic carbocycles. The number of primary amides is 1. The Morgan fingerprint density at radius 2 is 1.40 bits per heavy atom. The number of carbonyl (C=O) groups is 6. The third-order valence-corrected chi connectivity index (χ3v) is 3.88. The summed E-state index contributed by atoms with van der Waals surface area (Å²) in [5, 5.41) is 33.4. The minimum Gasteiger partial charge on any atom is -0.481 e. The molecule has 14 nitrogen and oxygen atoms in total. The summed E-state index contributed by atoms with van der Waals surface area (Å²) in [6, 6.07) is -5.73. The van der Waals surface area contributed by atoms with E-state index in [1.807, 2.05) is 5.32 Å². The van der Waals surface area contributed by atoms with Crippen molar-refractivity contribution in [2.45, 2.75) is 63.4 Å². The first kappa shape index (κ1) is 26.7. The molecule has 0 aromatic rings. The minimum atomic E-state index is -1.72. The third kappa shape index (κ3) is 9.79. The summed E-state index contributed by atoms with van der Waals surface area (Å²) in [7, 11) is 0. The van der Waals surface area contributed by atoms with Crippen LogP contribution in [0.5, 0.6) is 0 Å². The lowest BCUT2D eigenvalue weighted by molar-refractivity contribution is -0.147. The quantitative estimate of drug-likeness (QED) is 0.140. The van der Waals surface area contributed by atoms with Gasteiger partial charge in [-0.1, -0.05) is 0 Å². The summed E-state index contributed by atoms with van der Waals surface area (Å²) >= 11 is 0. The highest BCUT2D eigenvalue weighted by atomic mass is 16.4. The molecule has 0 heterocycles. The van der Waals surface area contributed by atoms with Crippen molar-refractivity contribution < 1.29 is 44.1 Å². The van der Waals surface area contributed by atoms with Gasteiger partial charge in [0.1, 0.15) is 24.2 Å². The Hall–Kier alpha value is -3.26. The summed E-state index contributed by atoms with van der Waals surface area (Å²) in [5.41, 5.74) is 10.5. The Labute approximate surface area is 171 Å². The van der Waals surface area contributed by atoms with Gasteiger partial charge in [0.15, 0.2) is 0 Å². The van der Waals surface area contributed by atoms with Gasteiger partial charge in [0.2, 0.25) is 23.6 Å². The standard InChI is InChI=1S/C16H27N5O9/c1-6(13(26)21-9(16(29)30)5-11(24)25)19-14(27)8(3-4-10(17)23)20-15(28)12(18)7(2)22/h6-9,12,22H,3-5,18H2,1-2H3,(H2,17,23)(H,19,27)(H,20,28)(H,21,26)(H,24,25)(H,29,30). The number of carbonyl (C=O) groups excluding carboxylic acids is 4. The van der Waals surface area contributed by atoms with Gasteiger partial charge in [-0.15, -0.1) is 0 Å². The molecule has 170 valence electrons. The topological polar surface area (TPSA) is 251 Å². The van der Waals surface area contributed by atoms with E-state index in [0.717, 1.165) is 0 Å². The summed E-state index contributed by atoms with van der Waals surface area (Å²) in [5.74, 6) is -6.58. The maximum Gasteiger partial charge on any atom is 0.326 e. The number of nitrogens with two attached hydrogens (primary N) is 2. The first-order valence-corrected chi connectivity index (χ1v) is 8.83. The van der Waals surface area contributed by atoms with Crippen molar-refractivity contribution in [2.24, 2.45) is 11.5 Å². The fourth-order valence-electron chi connectivity index (χ4n) is 2.09. The molecule has 0 spiro atoms. The first-order chi connectivity index (χ1) is 13.8. The minimum absolute atomic E-state index is 0.232. The number of nitrogens with one attached hydrogen (secondary N) is 3. The van der Waals surface area contributed by atoms with Gasteiger partial charge in [-0.05, 0) is 20.3 Å². The lowest BCUT2D eigenvalue weighted by atomic mass is 10.1. The van der Waals surface area contributed by atoms with E-state index in [4.69, 9.17) is 21.7 Å². The predicted molar refractivity (Wildman–Crippen MR) is 99.4 cm³/mol. The van der Waals surface area contributed by atoms with Crippen LogP contribution in [0.25, 0.3) is 0 Å². The zero-order chi connectivity index (χ0) is 23.6. The van der Waals surface area contributed by atoms with Crippen LogP contribution in [0, 0.1) is 0 Å². The molecular formula is C16H27N5O9. The van der Waals surface area contributed by atoms with Crippen LogP contribution >= 0.6 is 0 Å². The molecule has 0 radical (unpaired) electrons. The first-order valence-electron chi connectivity index (χ1n) is 8.83. The van der Waals surface area contributed by atoms with Crippen LogP contribution in [-0.2, 0) is 28.8 Å². The number of carboxylic acids is 2. The van der Waals surface area contributed by atoms with Gasteiger partial charge in [-0.2, -0.15) is 0 Å². The zero-order valence-electron chi connectivity index (χ0n) is 16.5. The number of aliphatic hydroxyl groups excluding tert-OH is 1. The molecule has 0 aromatic carbocycles. The molecule has 0 rings (SSSR count). The van der Waals surface area contributed by atoms with Gasteiger partial charge in [-0.3, -0.25) is 24.0 Å². The van der Waals surface area contributed by atoms with E-state index in [-0.39, 0.29) is 12.8 Å². The Morgan fingerprint density at radius 3 is 1.83 bits per heavy atom. The van der Waals surface area contributed by atoms with Crippen LogP contribution in [0.15, 0.2) is 0 Å². The SMILES string of the molecule is CC(NC(=O)C(CCC(N)=O)NC(=O)C(N)C(C)O)C(=O)NC(CC(=O)O)C(=O)O. The highest BCUT2D eigenvalue weighted by Crippen LogP contribution is 2.01. The molecular weight excluding hydrogens is 406 g/mol. The molecule has 0 aliphatic rings. The number of carboxylic acid groups (broad SMARTS) is 2. The smallest absolute Gasteiger partial charge is 0.326 e. The Bertz CT molecular complexity index is 682. The van der Waals surface area contributed by atoms with Crippen LogP contribution < -0.4 is 27.4 Å². The molecule has 4 amide bonds. The van der Waals surface area contributed by atoms with Crippen LogP contribution in [0.3, 0.4) is 0 Å². The molecule has 0 bridgehead atoms. The summed E-state index contributed by atoms with van der Waals surface area (Å²) in [4.78, 5) is 69.2. The van der Waals surface area contributed by atoms with E-state index in [2.05, 4.69) is 10.6 Å². The van der Waals surface area contributed by atoms with E-state index >= 15 is 0 Å². The van der Waals surface area contributed by atoms with Crippen LogP contribution in [0.4, 0.5) is 0 Å². The van der Waals surface area contributed by atoms with E-state index in [1.165, 1.54) is 13.8 Å². The molecule has 14 heteroatoms.